The molecule has 1 saturated heterocycles. The number of aryl methyl sites for hydroxylation is 1. The molecule has 5 rings (SSSR count). The van der Waals surface area contributed by atoms with Crippen LogP contribution in [0.2, 0.25) is 0 Å². The van der Waals surface area contributed by atoms with Gasteiger partial charge < -0.3 is 10.2 Å². The summed E-state index contributed by atoms with van der Waals surface area (Å²) in [6.45, 7) is 5.06. The molecule has 9 nitrogen and oxygen atoms in total. The molecule has 3 aromatic heterocycles. The number of nitrogens with zero attached hydrogens (tertiary/aromatic N) is 6. The third kappa shape index (κ3) is 4.43. The molecule has 0 unspecified atom stereocenters. The van der Waals surface area contributed by atoms with Gasteiger partial charge in [-0.1, -0.05) is 26.2 Å². The average Bonchev–Trinajstić information content (AvgIpc) is 3.32. The highest BCUT2D eigenvalue weighted by molar-refractivity contribution is 5.79. The molecule has 0 bridgehead atoms. The molecule has 0 spiro atoms. The van der Waals surface area contributed by atoms with E-state index in [1.54, 1.807) is 16.8 Å². The molecule has 4 heterocycles. The van der Waals surface area contributed by atoms with Crippen molar-refractivity contribution in [2.45, 2.75) is 77.3 Å². The lowest BCUT2D eigenvalue weighted by Crippen LogP contribution is -2.42. The van der Waals surface area contributed by atoms with Gasteiger partial charge in [-0.2, -0.15) is 10.1 Å². The second-order valence-electron chi connectivity index (χ2n) is 9.55. The molecule has 9 heteroatoms. The fourth-order valence-electron chi connectivity index (χ4n) is 5.37. The van der Waals surface area contributed by atoms with Gasteiger partial charge in [0.05, 0.1) is 12.1 Å². The van der Waals surface area contributed by atoms with Gasteiger partial charge in [-0.05, 0) is 38.2 Å². The van der Waals surface area contributed by atoms with Crippen LogP contribution in [-0.4, -0.2) is 48.2 Å². The minimum Gasteiger partial charge on any atom is -0.341 e. The largest absolute Gasteiger partial charge is 0.341 e. The monoisotopic (exact) mass is 463 g/mol. The molecule has 34 heavy (non-hydrogen) atoms. The lowest BCUT2D eigenvalue weighted by atomic mass is 9.96. The smallest absolute Gasteiger partial charge is 0.252 e. The number of amides is 1. The number of likely N-dealkylation sites (tertiary alicyclic amines) is 1. The first-order valence-electron chi connectivity index (χ1n) is 12.5. The van der Waals surface area contributed by atoms with Crippen molar-refractivity contribution in [1.29, 1.82) is 0 Å². The maximum Gasteiger partial charge on any atom is 0.252 e. The highest BCUT2D eigenvalue weighted by Crippen LogP contribution is 2.29. The van der Waals surface area contributed by atoms with Crippen molar-refractivity contribution >= 4 is 28.7 Å². The molecule has 1 N–H and O–H groups in total. The number of hydrogen-bond donors (Lipinski definition) is 1. The van der Waals surface area contributed by atoms with Gasteiger partial charge in [0.1, 0.15) is 5.65 Å². The van der Waals surface area contributed by atoms with Crippen LogP contribution in [-0.2, 0) is 4.79 Å². The summed E-state index contributed by atoms with van der Waals surface area (Å²) in [4.78, 5) is 36.6. The Hall–Kier alpha value is -3.23. The first-order chi connectivity index (χ1) is 16.5. The Bertz CT molecular complexity index is 1240. The molecule has 1 aliphatic carbocycles. The Labute approximate surface area is 199 Å². The minimum atomic E-state index is -0.104. The standard InChI is InChI=1S/C25H33N7O2/c1-3-22(33)30-12-7-10-19(16-30)32-23(34)14-17(2)20-15-26-25(28-24(20)32)27-21-11-13-31(29-21)18-8-5-4-6-9-18/h11,13-15,18-19H,3-10,12,16H2,1-2H3,(H,26,27,28,29)/t19-/m1/s1. The Morgan fingerprint density at radius 1 is 1.15 bits per heavy atom. The van der Waals surface area contributed by atoms with Gasteiger partial charge in [0.25, 0.3) is 5.56 Å². The van der Waals surface area contributed by atoms with Gasteiger partial charge in [0.2, 0.25) is 11.9 Å². The number of nitrogens with one attached hydrogen (secondary N) is 1. The quantitative estimate of drug-likeness (QED) is 0.611. The molecule has 3 aromatic rings. The molecule has 1 amide bonds. The molecule has 0 radical (unpaired) electrons. The summed E-state index contributed by atoms with van der Waals surface area (Å²) in [5.41, 5.74) is 1.36. The molecular weight excluding hydrogens is 430 g/mol. The van der Waals surface area contributed by atoms with Gasteiger partial charge in [0, 0.05) is 49.4 Å². The second-order valence-corrected chi connectivity index (χ2v) is 9.55. The van der Waals surface area contributed by atoms with Crippen molar-refractivity contribution in [1.82, 2.24) is 29.2 Å². The SMILES string of the molecule is CCC(=O)N1CCC[C@@H](n2c(=O)cc(C)c3cnc(Nc4ccn(C5CCCCC5)n4)nc32)C1. The van der Waals surface area contributed by atoms with Crippen LogP contribution in [0.25, 0.3) is 11.0 Å². The lowest BCUT2D eigenvalue weighted by Gasteiger charge is -2.34. The van der Waals surface area contributed by atoms with Crippen molar-refractivity contribution in [3.8, 4) is 0 Å². The number of hydrogen-bond acceptors (Lipinski definition) is 6. The van der Waals surface area contributed by atoms with Crippen LogP contribution < -0.4 is 10.9 Å². The second kappa shape index (κ2) is 9.56. The number of fused-ring (bicyclic) bond motifs is 1. The Kier molecular flexibility index (Phi) is 6.34. The number of aromatic nitrogens is 5. The van der Waals surface area contributed by atoms with E-state index in [0.29, 0.717) is 36.4 Å². The topological polar surface area (TPSA) is 97.9 Å². The Morgan fingerprint density at radius 2 is 1.94 bits per heavy atom. The van der Waals surface area contributed by atoms with Crippen LogP contribution in [0.5, 0.6) is 0 Å². The zero-order valence-electron chi connectivity index (χ0n) is 20.0. The van der Waals surface area contributed by atoms with Gasteiger partial charge >= 0.3 is 0 Å². The third-order valence-electron chi connectivity index (χ3n) is 7.21. The summed E-state index contributed by atoms with van der Waals surface area (Å²) in [5.74, 6) is 1.24. The minimum absolute atomic E-state index is 0.0907. The summed E-state index contributed by atoms with van der Waals surface area (Å²) >= 11 is 0. The van der Waals surface area contributed by atoms with E-state index >= 15 is 0 Å². The summed E-state index contributed by atoms with van der Waals surface area (Å²) in [6, 6.07) is 3.94. The summed E-state index contributed by atoms with van der Waals surface area (Å²) in [6.07, 6.45) is 12.1. The predicted molar refractivity (Wildman–Crippen MR) is 131 cm³/mol. The van der Waals surface area contributed by atoms with Gasteiger partial charge in [-0.25, -0.2) is 4.98 Å². The Morgan fingerprint density at radius 3 is 2.74 bits per heavy atom. The first kappa shape index (κ1) is 22.6. The van der Waals surface area contributed by atoms with Crippen molar-refractivity contribution in [2.75, 3.05) is 18.4 Å². The van der Waals surface area contributed by atoms with Crippen molar-refractivity contribution in [3.63, 3.8) is 0 Å². The van der Waals surface area contributed by atoms with E-state index in [9.17, 15) is 9.59 Å². The molecular formula is C25H33N7O2. The van der Waals surface area contributed by atoms with E-state index in [2.05, 4.69) is 10.3 Å². The highest BCUT2D eigenvalue weighted by Gasteiger charge is 2.26. The van der Waals surface area contributed by atoms with E-state index in [1.807, 2.05) is 35.7 Å². The predicted octanol–water partition coefficient (Wildman–Crippen LogP) is 4.12. The fraction of sp³-hybridized carbons (Fsp3) is 0.560. The van der Waals surface area contributed by atoms with E-state index in [0.717, 1.165) is 43.2 Å². The number of rotatable bonds is 5. The van der Waals surface area contributed by atoms with Crippen molar-refractivity contribution < 1.29 is 4.79 Å². The molecule has 2 aliphatic rings. The van der Waals surface area contributed by atoms with E-state index in [4.69, 9.17) is 10.1 Å². The molecule has 180 valence electrons. The van der Waals surface area contributed by atoms with E-state index in [1.165, 1.54) is 19.3 Å². The lowest BCUT2D eigenvalue weighted by molar-refractivity contribution is -0.132. The van der Waals surface area contributed by atoms with Gasteiger partial charge in [0.15, 0.2) is 5.82 Å². The molecule has 1 aliphatic heterocycles. The zero-order chi connectivity index (χ0) is 23.7. The first-order valence-corrected chi connectivity index (χ1v) is 12.5. The van der Waals surface area contributed by atoms with Gasteiger partial charge in [-0.3, -0.25) is 18.8 Å². The number of anilines is 2. The highest BCUT2D eigenvalue weighted by atomic mass is 16.2. The summed E-state index contributed by atoms with van der Waals surface area (Å²) in [7, 11) is 0. The molecule has 0 aromatic carbocycles. The van der Waals surface area contributed by atoms with Crippen LogP contribution in [0.1, 0.15) is 75.9 Å². The zero-order valence-corrected chi connectivity index (χ0v) is 20.0. The number of piperidine rings is 1. The van der Waals surface area contributed by atoms with E-state index < -0.39 is 0 Å². The van der Waals surface area contributed by atoms with Crippen LogP contribution in [0, 0.1) is 6.92 Å². The normalized spacial score (nSPS) is 19.5. The summed E-state index contributed by atoms with van der Waals surface area (Å²) < 4.78 is 3.80. The number of carbonyl (C=O) groups excluding carboxylic acids is 1. The molecule has 1 saturated carbocycles. The fourth-order valence-corrected chi connectivity index (χ4v) is 5.37. The maximum absolute atomic E-state index is 13.1. The Balaban J connectivity index is 1.46. The average molecular weight is 464 g/mol. The molecule has 2 fully saturated rings. The third-order valence-corrected chi connectivity index (χ3v) is 7.21. The van der Waals surface area contributed by atoms with Gasteiger partial charge in [-0.15, -0.1) is 0 Å². The van der Waals surface area contributed by atoms with Crippen LogP contribution in [0.3, 0.4) is 0 Å². The van der Waals surface area contributed by atoms with Crippen LogP contribution >= 0.6 is 0 Å². The number of pyridine rings is 1. The molecule has 1 atom stereocenters. The number of carbonyl (C=O) groups is 1. The van der Waals surface area contributed by atoms with Crippen LogP contribution in [0.15, 0.2) is 29.3 Å². The summed E-state index contributed by atoms with van der Waals surface area (Å²) in [5, 5.41) is 8.78. The van der Waals surface area contributed by atoms with E-state index in [-0.39, 0.29) is 17.5 Å². The van der Waals surface area contributed by atoms with Crippen molar-refractivity contribution in [3.05, 3.63) is 40.4 Å². The maximum atomic E-state index is 13.1. The van der Waals surface area contributed by atoms with Crippen molar-refractivity contribution in [2.24, 2.45) is 0 Å². The van der Waals surface area contributed by atoms with Crippen LogP contribution in [0.4, 0.5) is 11.8 Å².